The van der Waals surface area contributed by atoms with Gasteiger partial charge in [0.05, 0.1) is 15.5 Å². The minimum Gasteiger partial charge on any atom is -0.363 e. The van der Waals surface area contributed by atoms with Crippen LogP contribution in [0.5, 0.6) is 0 Å². The highest BCUT2D eigenvalue weighted by atomic mass is 16.6. The van der Waals surface area contributed by atoms with Crippen LogP contribution in [-0.2, 0) is 5.72 Å². The van der Waals surface area contributed by atoms with Crippen molar-refractivity contribution < 1.29 is 15.0 Å². The molecule has 0 amide bonds. The average Bonchev–Trinajstić information content (AvgIpc) is 2.74. The average molecular weight is 391 g/mol. The predicted molar refractivity (Wildman–Crippen MR) is 108 cm³/mol. The Morgan fingerprint density at radius 3 is 2.07 bits per heavy atom. The van der Waals surface area contributed by atoms with Crippen LogP contribution in [0.4, 0.5) is 17.1 Å². The number of fused-ring (bicyclic) bond motifs is 3. The van der Waals surface area contributed by atoms with Crippen molar-refractivity contribution in [2.75, 3.05) is 11.4 Å². The molecule has 1 atom stereocenters. The molecule has 29 heavy (non-hydrogen) atoms. The molecule has 0 saturated carbocycles. The van der Waals surface area contributed by atoms with Crippen molar-refractivity contribution in [3.63, 3.8) is 0 Å². The number of nitrogens with zero attached hydrogens (tertiary/aromatic N) is 3. The maximum atomic E-state index is 12.0. The molecule has 3 aromatic carbocycles. The van der Waals surface area contributed by atoms with Gasteiger partial charge in [-0.3, -0.25) is 20.2 Å². The summed E-state index contributed by atoms with van der Waals surface area (Å²) in [6.07, 6.45) is 0. The Kier molecular flexibility index (Phi) is 4.28. The molecule has 1 aliphatic rings. The molecule has 8 heteroatoms. The Bertz CT molecular complexity index is 1130. The van der Waals surface area contributed by atoms with Gasteiger partial charge in [0, 0.05) is 47.5 Å². The van der Waals surface area contributed by atoms with Gasteiger partial charge in [0.2, 0.25) is 0 Å². The van der Waals surface area contributed by atoms with Gasteiger partial charge in [-0.1, -0.05) is 30.3 Å². The third-order valence-electron chi connectivity index (χ3n) is 5.25. The first-order valence-electron chi connectivity index (χ1n) is 9.01. The molecule has 1 aliphatic heterocycles. The van der Waals surface area contributed by atoms with Crippen LogP contribution in [0, 0.1) is 20.2 Å². The fourth-order valence-electron chi connectivity index (χ4n) is 3.95. The lowest BCUT2D eigenvalue weighted by molar-refractivity contribution is -0.385. The number of anilines is 1. The Balaban J connectivity index is 2.09. The summed E-state index contributed by atoms with van der Waals surface area (Å²) in [4.78, 5) is 23.4. The van der Waals surface area contributed by atoms with Crippen molar-refractivity contribution in [2.45, 2.75) is 12.6 Å². The van der Waals surface area contributed by atoms with Crippen LogP contribution in [0.2, 0.25) is 0 Å². The normalized spacial score (nSPS) is 17.4. The van der Waals surface area contributed by atoms with Gasteiger partial charge in [-0.15, -0.1) is 0 Å². The van der Waals surface area contributed by atoms with E-state index in [0.29, 0.717) is 34.5 Å². The van der Waals surface area contributed by atoms with Crippen LogP contribution in [0.1, 0.15) is 18.1 Å². The third kappa shape index (κ3) is 2.73. The lowest BCUT2D eigenvalue weighted by Gasteiger charge is -2.46. The Hall–Kier alpha value is -3.78. The molecule has 0 aromatic heterocycles. The minimum absolute atomic E-state index is 0.0945. The molecule has 1 heterocycles. The number of nitro groups is 2. The van der Waals surface area contributed by atoms with Gasteiger partial charge >= 0.3 is 0 Å². The fourth-order valence-corrected chi connectivity index (χ4v) is 3.95. The zero-order chi connectivity index (χ0) is 20.8. The van der Waals surface area contributed by atoms with E-state index in [1.54, 1.807) is 47.4 Å². The zero-order valence-corrected chi connectivity index (χ0v) is 15.5. The molecule has 146 valence electrons. The van der Waals surface area contributed by atoms with Crippen LogP contribution >= 0.6 is 0 Å². The minimum atomic E-state index is -1.72. The Labute approximate surface area is 165 Å². The van der Waals surface area contributed by atoms with Gasteiger partial charge in [-0.05, 0) is 24.6 Å². The van der Waals surface area contributed by atoms with Crippen molar-refractivity contribution in [1.29, 1.82) is 0 Å². The summed E-state index contributed by atoms with van der Waals surface area (Å²) in [6, 6.07) is 17.6. The summed E-state index contributed by atoms with van der Waals surface area (Å²) in [5.74, 6) is 0. The molecule has 0 fully saturated rings. The number of rotatable bonds is 4. The van der Waals surface area contributed by atoms with E-state index in [-0.39, 0.29) is 11.4 Å². The van der Waals surface area contributed by atoms with E-state index in [9.17, 15) is 25.3 Å². The Morgan fingerprint density at radius 2 is 1.48 bits per heavy atom. The van der Waals surface area contributed by atoms with Gasteiger partial charge in [0.25, 0.3) is 11.4 Å². The molecule has 8 nitrogen and oxygen atoms in total. The molecule has 3 aromatic rings. The molecule has 0 bridgehead atoms. The van der Waals surface area contributed by atoms with E-state index in [1.165, 1.54) is 24.3 Å². The quantitative estimate of drug-likeness (QED) is 0.527. The predicted octanol–water partition coefficient (Wildman–Crippen LogP) is 4.20. The highest BCUT2D eigenvalue weighted by Gasteiger charge is 2.45. The SMILES string of the molecule is CCN1c2cc([N+](=O)[O-])ccc2-c2ccc([N+](=O)[O-])cc2[C@@]1(O)c1ccccc1. The maximum Gasteiger partial charge on any atom is 0.271 e. The van der Waals surface area contributed by atoms with E-state index >= 15 is 0 Å². The summed E-state index contributed by atoms with van der Waals surface area (Å²) < 4.78 is 0. The number of benzene rings is 3. The summed E-state index contributed by atoms with van der Waals surface area (Å²) in [7, 11) is 0. The molecular weight excluding hydrogens is 374 g/mol. The monoisotopic (exact) mass is 391 g/mol. The van der Waals surface area contributed by atoms with E-state index < -0.39 is 15.6 Å². The Morgan fingerprint density at radius 1 is 0.897 bits per heavy atom. The first kappa shape index (κ1) is 18.6. The lowest BCUT2D eigenvalue weighted by atomic mass is 9.81. The number of nitro benzene ring substituents is 2. The van der Waals surface area contributed by atoms with E-state index in [4.69, 9.17) is 0 Å². The second kappa shape index (κ2) is 6.68. The molecule has 0 spiro atoms. The smallest absolute Gasteiger partial charge is 0.271 e. The standard InChI is InChI=1S/C21H17N3O5/c1-2-22-20-13-16(24(28)29)9-11-18(20)17-10-8-15(23(26)27)12-19(17)21(22,25)14-6-4-3-5-7-14/h3-13,25H,2H2,1H3/t21-/m0/s1. The number of aliphatic hydroxyl groups is 1. The second-order valence-corrected chi connectivity index (χ2v) is 6.73. The molecule has 0 radical (unpaired) electrons. The van der Waals surface area contributed by atoms with Crippen LogP contribution < -0.4 is 4.90 Å². The van der Waals surface area contributed by atoms with Gasteiger partial charge in [0.15, 0.2) is 5.72 Å². The summed E-state index contributed by atoms with van der Waals surface area (Å²) in [5.41, 5.74) is 0.679. The molecule has 0 aliphatic carbocycles. The zero-order valence-electron chi connectivity index (χ0n) is 15.5. The largest absolute Gasteiger partial charge is 0.363 e. The summed E-state index contributed by atoms with van der Waals surface area (Å²) in [5, 5.41) is 34.7. The van der Waals surface area contributed by atoms with Gasteiger partial charge in [-0.2, -0.15) is 0 Å². The van der Waals surface area contributed by atoms with Crippen molar-refractivity contribution >= 4 is 17.1 Å². The van der Waals surface area contributed by atoms with Crippen LogP contribution in [0.3, 0.4) is 0 Å². The summed E-state index contributed by atoms with van der Waals surface area (Å²) >= 11 is 0. The molecule has 0 unspecified atom stereocenters. The van der Waals surface area contributed by atoms with Crippen molar-refractivity contribution in [2.24, 2.45) is 0 Å². The number of hydrogen-bond acceptors (Lipinski definition) is 6. The van der Waals surface area contributed by atoms with E-state index in [0.717, 1.165) is 0 Å². The fraction of sp³-hybridized carbons (Fsp3) is 0.143. The molecule has 0 saturated heterocycles. The van der Waals surface area contributed by atoms with Gasteiger partial charge < -0.3 is 10.0 Å². The van der Waals surface area contributed by atoms with E-state index in [2.05, 4.69) is 0 Å². The molecule has 1 N–H and O–H groups in total. The maximum absolute atomic E-state index is 12.0. The molecular formula is C21H17N3O5. The van der Waals surface area contributed by atoms with Crippen molar-refractivity contribution in [3.8, 4) is 11.1 Å². The van der Waals surface area contributed by atoms with Crippen LogP contribution in [0.15, 0.2) is 66.7 Å². The van der Waals surface area contributed by atoms with Crippen molar-refractivity contribution in [1.82, 2.24) is 0 Å². The van der Waals surface area contributed by atoms with Crippen LogP contribution in [-0.4, -0.2) is 21.5 Å². The highest BCUT2D eigenvalue weighted by molar-refractivity contribution is 5.88. The first-order chi connectivity index (χ1) is 13.9. The highest BCUT2D eigenvalue weighted by Crippen LogP contribution is 2.51. The van der Waals surface area contributed by atoms with Crippen molar-refractivity contribution in [3.05, 3.63) is 98.1 Å². The van der Waals surface area contributed by atoms with Gasteiger partial charge in [-0.25, -0.2) is 0 Å². The van der Waals surface area contributed by atoms with E-state index in [1.807, 2.05) is 6.92 Å². The number of non-ortho nitro benzene ring substituents is 2. The molecule has 4 rings (SSSR count). The first-order valence-corrected chi connectivity index (χ1v) is 9.01. The van der Waals surface area contributed by atoms with Crippen LogP contribution in [0.25, 0.3) is 11.1 Å². The second-order valence-electron chi connectivity index (χ2n) is 6.73. The lowest BCUT2D eigenvalue weighted by Crippen LogP contribution is -2.49. The topological polar surface area (TPSA) is 110 Å². The summed E-state index contributed by atoms with van der Waals surface area (Å²) in [6.45, 7) is 2.14. The number of hydrogen-bond donors (Lipinski definition) is 1. The van der Waals surface area contributed by atoms with Gasteiger partial charge in [0.1, 0.15) is 0 Å². The third-order valence-corrected chi connectivity index (χ3v) is 5.25.